The summed E-state index contributed by atoms with van der Waals surface area (Å²) < 4.78 is 0. The van der Waals surface area contributed by atoms with Crippen molar-refractivity contribution in [1.29, 1.82) is 0 Å². The molecule has 0 N–H and O–H groups in total. The normalized spacial score (nSPS) is 16.5. The first-order valence-electron chi connectivity index (χ1n) is 8.93. The van der Waals surface area contributed by atoms with E-state index in [0.29, 0.717) is 0 Å². The van der Waals surface area contributed by atoms with E-state index in [1.807, 2.05) is 0 Å². The van der Waals surface area contributed by atoms with Gasteiger partial charge >= 0.3 is 0 Å². The lowest BCUT2D eigenvalue weighted by Gasteiger charge is -2.07. The van der Waals surface area contributed by atoms with Crippen molar-refractivity contribution >= 4 is 0 Å². The Morgan fingerprint density at radius 1 is 0.611 bits per heavy atom. The third kappa shape index (κ3) is 9.00. The Labute approximate surface area is 116 Å². The Morgan fingerprint density at radius 3 is 1.56 bits per heavy atom. The Balaban J connectivity index is 1.68. The summed E-state index contributed by atoms with van der Waals surface area (Å²) in [6.45, 7) is 2.30. The van der Waals surface area contributed by atoms with Crippen molar-refractivity contribution in [2.45, 2.75) is 110 Å². The van der Waals surface area contributed by atoms with Crippen LogP contribution >= 0.6 is 0 Å². The van der Waals surface area contributed by atoms with Crippen molar-refractivity contribution in [3.63, 3.8) is 0 Å². The molecule has 1 fully saturated rings. The van der Waals surface area contributed by atoms with Gasteiger partial charge in [-0.2, -0.15) is 0 Å². The molecule has 0 aromatic heterocycles. The predicted octanol–water partition coefficient (Wildman–Crippen LogP) is 6.88. The first kappa shape index (κ1) is 16.1. The largest absolute Gasteiger partial charge is 0.0654 e. The van der Waals surface area contributed by atoms with Gasteiger partial charge in [0.25, 0.3) is 0 Å². The maximum atomic E-state index is 2.30. The summed E-state index contributed by atoms with van der Waals surface area (Å²) in [6.07, 6.45) is 23.9. The van der Waals surface area contributed by atoms with Crippen molar-refractivity contribution in [3.8, 4) is 0 Å². The second kappa shape index (κ2) is 12.1. The molecule has 0 saturated heterocycles. The van der Waals surface area contributed by atoms with E-state index in [-0.39, 0.29) is 0 Å². The summed E-state index contributed by atoms with van der Waals surface area (Å²) in [5, 5.41) is 0. The molecule has 1 aliphatic rings. The van der Waals surface area contributed by atoms with Crippen LogP contribution in [0.3, 0.4) is 0 Å². The average Bonchev–Trinajstić information content (AvgIpc) is 2.89. The second-order valence-electron chi connectivity index (χ2n) is 6.47. The molecule has 0 heterocycles. The van der Waals surface area contributed by atoms with Crippen molar-refractivity contribution in [2.24, 2.45) is 5.92 Å². The summed E-state index contributed by atoms with van der Waals surface area (Å²) in [7, 11) is 0. The van der Waals surface area contributed by atoms with Crippen molar-refractivity contribution in [1.82, 2.24) is 0 Å². The molecule has 0 unspecified atom stereocenters. The lowest BCUT2D eigenvalue weighted by Crippen LogP contribution is -1.92. The fourth-order valence-corrected chi connectivity index (χ4v) is 3.40. The van der Waals surface area contributed by atoms with Crippen LogP contribution in [0.4, 0.5) is 0 Å². The van der Waals surface area contributed by atoms with Gasteiger partial charge in [-0.3, -0.25) is 0 Å². The van der Waals surface area contributed by atoms with E-state index in [4.69, 9.17) is 0 Å². The standard InChI is InChI=1S/C18H36/c1-2-3-4-5-6-7-8-9-10-11-12-15-18-16-13-14-17-18/h18H,2-17H2,1H3. The zero-order valence-corrected chi connectivity index (χ0v) is 12.9. The summed E-state index contributed by atoms with van der Waals surface area (Å²) in [6, 6.07) is 0. The number of hydrogen-bond acceptors (Lipinski definition) is 0. The van der Waals surface area contributed by atoms with E-state index in [9.17, 15) is 0 Å². The summed E-state index contributed by atoms with van der Waals surface area (Å²) in [4.78, 5) is 0. The zero-order valence-electron chi connectivity index (χ0n) is 12.9. The lowest BCUT2D eigenvalue weighted by molar-refractivity contribution is 0.460. The molecule has 0 amide bonds. The van der Waals surface area contributed by atoms with E-state index in [1.54, 1.807) is 0 Å². The number of unbranched alkanes of at least 4 members (excludes halogenated alkanes) is 10. The fourth-order valence-electron chi connectivity index (χ4n) is 3.40. The van der Waals surface area contributed by atoms with Gasteiger partial charge < -0.3 is 0 Å². The van der Waals surface area contributed by atoms with Gasteiger partial charge in [0.15, 0.2) is 0 Å². The van der Waals surface area contributed by atoms with Crippen LogP contribution in [-0.4, -0.2) is 0 Å². The Morgan fingerprint density at radius 2 is 1.06 bits per heavy atom. The van der Waals surface area contributed by atoms with Gasteiger partial charge in [0.05, 0.1) is 0 Å². The molecule has 0 nitrogen and oxygen atoms in total. The quantitative estimate of drug-likeness (QED) is 0.332. The van der Waals surface area contributed by atoms with Crippen LogP contribution in [0.15, 0.2) is 0 Å². The van der Waals surface area contributed by atoms with Crippen LogP contribution in [0.25, 0.3) is 0 Å². The molecule has 0 heteroatoms. The van der Waals surface area contributed by atoms with Crippen LogP contribution in [0.2, 0.25) is 0 Å². The molecule has 1 aliphatic carbocycles. The third-order valence-corrected chi connectivity index (χ3v) is 4.69. The highest BCUT2D eigenvalue weighted by Crippen LogP contribution is 2.29. The monoisotopic (exact) mass is 252 g/mol. The third-order valence-electron chi connectivity index (χ3n) is 4.69. The maximum absolute atomic E-state index is 2.30. The molecule has 0 radical (unpaired) electrons. The highest BCUT2D eigenvalue weighted by Gasteiger charge is 2.13. The highest BCUT2D eigenvalue weighted by molar-refractivity contribution is 4.66. The van der Waals surface area contributed by atoms with Gasteiger partial charge in [0, 0.05) is 0 Å². The fraction of sp³-hybridized carbons (Fsp3) is 1.00. The Hall–Kier alpha value is 0. The van der Waals surface area contributed by atoms with Crippen LogP contribution in [0.1, 0.15) is 110 Å². The SMILES string of the molecule is CCCCCCCCCCCCCC1CCCC1. The van der Waals surface area contributed by atoms with Gasteiger partial charge in [0.1, 0.15) is 0 Å². The average molecular weight is 252 g/mol. The zero-order chi connectivity index (χ0) is 12.9. The van der Waals surface area contributed by atoms with E-state index in [0.717, 1.165) is 5.92 Å². The molecule has 0 aliphatic heterocycles. The van der Waals surface area contributed by atoms with Gasteiger partial charge in [-0.1, -0.05) is 110 Å². The van der Waals surface area contributed by atoms with Crippen LogP contribution in [-0.2, 0) is 0 Å². The summed E-state index contributed by atoms with van der Waals surface area (Å²) >= 11 is 0. The molecule has 0 bridgehead atoms. The molecule has 108 valence electrons. The van der Waals surface area contributed by atoms with Crippen LogP contribution in [0.5, 0.6) is 0 Å². The van der Waals surface area contributed by atoms with Gasteiger partial charge in [-0.15, -0.1) is 0 Å². The first-order chi connectivity index (χ1) is 8.93. The summed E-state index contributed by atoms with van der Waals surface area (Å²) in [5.41, 5.74) is 0. The first-order valence-corrected chi connectivity index (χ1v) is 8.93. The number of hydrogen-bond donors (Lipinski definition) is 0. The Kier molecular flexibility index (Phi) is 10.8. The highest BCUT2D eigenvalue weighted by atomic mass is 14.2. The molecular weight excluding hydrogens is 216 g/mol. The smallest absolute Gasteiger partial charge is 0.0414 e. The minimum absolute atomic E-state index is 1.11. The van der Waals surface area contributed by atoms with E-state index < -0.39 is 0 Å². The van der Waals surface area contributed by atoms with Gasteiger partial charge in [-0.05, 0) is 5.92 Å². The minimum atomic E-state index is 1.11. The van der Waals surface area contributed by atoms with E-state index in [1.165, 1.54) is 103 Å². The molecule has 0 aromatic rings. The molecule has 1 rings (SSSR count). The predicted molar refractivity (Wildman–Crippen MR) is 83.0 cm³/mol. The molecule has 18 heavy (non-hydrogen) atoms. The molecule has 0 spiro atoms. The van der Waals surface area contributed by atoms with Crippen molar-refractivity contribution < 1.29 is 0 Å². The van der Waals surface area contributed by atoms with Gasteiger partial charge in [-0.25, -0.2) is 0 Å². The van der Waals surface area contributed by atoms with E-state index >= 15 is 0 Å². The second-order valence-corrected chi connectivity index (χ2v) is 6.47. The van der Waals surface area contributed by atoms with Gasteiger partial charge in [0.2, 0.25) is 0 Å². The summed E-state index contributed by atoms with van der Waals surface area (Å²) in [5.74, 6) is 1.11. The van der Waals surface area contributed by atoms with Crippen molar-refractivity contribution in [3.05, 3.63) is 0 Å². The molecular formula is C18H36. The molecule has 0 atom stereocenters. The molecule has 1 saturated carbocycles. The topological polar surface area (TPSA) is 0 Å². The molecule has 0 aromatic carbocycles. The Bertz CT molecular complexity index is 155. The van der Waals surface area contributed by atoms with Crippen LogP contribution < -0.4 is 0 Å². The number of rotatable bonds is 12. The van der Waals surface area contributed by atoms with E-state index in [2.05, 4.69) is 6.92 Å². The minimum Gasteiger partial charge on any atom is -0.0654 e. The lowest BCUT2D eigenvalue weighted by atomic mass is 9.99. The van der Waals surface area contributed by atoms with Crippen LogP contribution in [0, 0.1) is 5.92 Å². The van der Waals surface area contributed by atoms with Crippen molar-refractivity contribution in [2.75, 3.05) is 0 Å². The maximum Gasteiger partial charge on any atom is -0.0414 e.